The van der Waals surface area contributed by atoms with E-state index in [4.69, 9.17) is 5.73 Å². The van der Waals surface area contributed by atoms with Crippen molar-refractivity contribution in [3.05, 3.63) is 5.82 Å². The van der Waals surface area contributed by atoms with Gasteiger partial charge in [-0.2, -0.15) is 0 Å². The van der Waals surface area contributed by atoms with Gasteiger partial charge in [-0.15, -0.1) is 5.10 Å². The second-order valence-corrected chi connectivity index (χ2v) is 4.87. The Morgan fingerprint density at radius 2 is 2.31 bits per heavy atom. The first-order valence-corrected chi connectivity index (χ1v) is 6.25. The Bertz CT molecular complexity index is 333. The van der Waals surface area contributed by atoms with Crippen molar-refractivity contribution in [1.29, 1.82) is 0 Å². The Balaban J connectivity index is 2.13. The SMILES string of the molecule is CCC1CCCC(n2nnnc2C(C)N)C1. The van der Waals surface area contributed by atoms with Gasteiger partial charge in [-0.25, -0.2) is 4.68 Å². The number of hydrogen-bond donors (Lipinski definition) is 1. The maximum absolute atomic E-state index is 5.87. The standard InChI is InChI=1S/C11H21N5/c1-3-9-5-4-6-10(7-9)16-11(8(2)12)13-14-15-16/h8-10H,3-7,12H2,1-2H3. The highest BCUT2D eigenvalue weighted by atomic mass is 15.6. The van der Waals surface area contributed by atoms with Crippen molar-refractivity contribution < 1.29 is 0 Å². The maximum atomic E-state index is 5.87. The number of hydrogen-bond acceptors (Lipinski definition) is 4. The van der Waals surface area contributed by atoms with Crippen molar-refractivity contribution in [3.63, 3.8) is 0 Å². The summed E-state index contributed by atoms with van der Waals surface area (Å²) in [6.07, 6.45) is 6.26. The lowest BCUT2D eigenvalue weighted by molar-refractivity contribution is 0.239. The van der Waals surface area contributed by atoms with E-state index in [1.165, 1.54) is 32.1 Å². The molecular formula is C11H21N5. The van der Waals surface area contributed by atoms with Crippen molar-refractivity contribution >= 4 is 0 Å². The lowest BCUT2D eigenvalue weighted by Crippen LogP contribution is -2.24. The molecule has 5 nitrogen and oxygen atoms in total. The average molecular weight is 223 g/mol. The Labute approximate surface area is 96.4 Å². The first kappa shape index (κ1) is 11.5. The van der Waals surface area contributed by atoms with Crippen LogP contribution < -0.4 is 5.73 Å². The molecule has 1 aromatic rings. The van der Waals surface area contributed by atoms with E-state index < -0.39 is 0 Å². The van der Waals surface area contributed by atoms with E-state index in [-0.39, 0.29) is 6.04 Å². The van der Waals surface area contributed by atoms with E-state index in [0.717, 1.165) is 11.7 Å². The molecule has 0 aliphatic heterocycles. The minimum absolute atomic E-state index is 0.0861. The van der Waals surface area contributed by atoms with Gasteiger partial charge in [-0.05, 0) is 36.1 Å². The molecule has 2 rings (SSSR count). The van der Waals surface area contributed by atoms with Crippen molar-refractivity contribution in [1.82, 2.24) is 20.2 Å². The molecule has 1 aliphatic rings. The van der Waals surface area contributed by atoms with Crippen LogP contribution in [0.4, 0.5) is 0 Å². The Kier molecular flexibility index (Phi) is 3.53. The van der Waals surface area contributed by atoms with E-state index in [2.05, 4.69) is 22.4 Å². The number of nitrogens with two attached hydrogens (primary N) is 1. The van der Waals surface area contributed by atoms with E-state index in [1.54, 1.807) is 0 Å². The van der Waals surface area contributed by atoms with Crippen molar-refractivity contribution in [2.75, 3.05) is 0 Å². The third-order valence-corrected chi connectivity index (χ3v) is 3.60. The summed E-state index contributed by atoms with van der Waals surface area (Å²) < 4.78 is 1.95. The zero-order valence-corrected chi connectivity index (χ0v) is 10.1. The summed E-state index contributed by atoms with van der Waals surface area (Å²) in [7, 11) is 0. The lowest BCUT2D eigenvalue weighted by Gasteiger charge is -2.29. The van der Waals surface area contributed by atoms with Crippen LogP contribution in [0.2, 0.25) is 0 Å². The van der Waals surface area contributed by atoms with Gasteiger partial charge in [0.2, 0.25) is 0 Å². The number of tetrazole rings is 1. The third kappa shape index (κ3) is 2.24. The molecule has 3 unspecified atom stereocenters. The van der Waals surface area contributed by atoms with Gasteiger partial charge in [0.05, 0.1) is 12.1 Å². The Hall–Kier alpha value is -0.970. The first-order valence-electron chi connectivity index (χ1n) is 6.25. The topological polar surface area (TPSA) is 69.6 Å². The average Bonchev–Trinajstić information content (AvgIpc) is 2.78. The summed E-state index contributed by atoms with van der Waals surface area (Å²) in [4.78, 5) is 0. The molecule has 16 heavy (non-hydrogen) atoms. The molecule has 0 aromatic carbocycles. The quantitative estimate of drug-likeness (QED) is 0.848. The number of nitrogens with zero attached hydrogens (tertiary/aromatic N) is 4. The van der Waals surface area contributed by atoms with E-state index >= 15 is 0 Å². The Morgan fingerprint density at radius 3 is 3.00 bits per heavy atom. The van der Waals surface area contributed by atoms with Crippen molar-refractivity contribution in [2.24, 2.45) is 11.7 Å². The second kappa shape index (κ2) is 4.91. The lowest BCUT2D eigenvalue weighted by atomic mass is 9.84. The molecule has 1 aromatic heterocycles. The van der Waals surface area contributed by atoms with Gasteiger partial charge in [-0.3, -0.25) is 0 Å². The van der Waals surface area contributed by atoms with Gasteiger partial charge < -0.3 is 5.73 Å². The van der Waals surface area contributed by atoms with Gasteiger partial charge in [0.1, 0.15) is 0 Å². The van der Waals surface area contributed by atoms with Gasteiger partial charge in [0, 0.05) is 0 Å². The zero-order chi connectivity index (χ0) is 11.5. The van der Waals surface area contributed by atoms with Gasteiger partial charge in [-0.1, -0.05) is 26.2 Å². The fraction of sp³-hybridized carbons (Fsp3) is 0.909. The molecule has 0 bridgehead atoms. The molecule has 1 saturated carbocycles. The van der Waals surface area contributed by atoms with Gasteiger partial charge in [0.15, 0.2) is 5.82 Å². The molecular weight excluding hydrogens is 202 g/mol. The minimum atomic E-state index is -0.0861. The van der Waals surface area contributed by atoms with Crippen LogP contribution in [-0.4, -0.2) is 20.2 Å². The fourth-order valence-electron chi connectivity index (χ4n) is 2.62. The summed E-state index contributed by atoms with van der Waals surface area (Å²) in [5.41, 5.74) is 5.87. The molecule has 1 fully saturated rings. The molecule has 5 heteroatoms. The van der Waals surface area contributed by atoms with Crippen LogP contribution in [0.1, 0.15) is 63.9 Å². The normalized spacial score (nSPS) is 27.9. The highest BCUT2D eigenvalue weighted by Crippen LogP contribution is 2.34. The third-order valence-electron chi connectivity index (χ3n) is 3.60. The van der Waals surface area contributed by atoms with E-state index in [0.29, 0.717) is 6.04 Å². The summed E-state index contributed by atoms with van der Waals surface area (Å²) in [6.45, 7) is 4.20. The first-order chi connectivity index (χ1) is 7.72. The van der Waals surface area contributed by atoms with Gasteiger partial charge >= 0.3 is 0 Å². The summed E-state index contributed by atoms with van der Waals surface area (Å²) in [5, 5.41) is 11.9. The predicted molar refractivity (Wildman–Crippen MR) is 61.7 cm³/mol. The predicted octanol–water partition coefficient (Wildman–Crippen LogP) is 1.83. The van der Waals surface area contributed by atoms with Crippen LogP contribution in [0, 0.1) is 5.92 Å². The molecule has 0 saturated heterocycles. The van der Waals surface area contributed by atoms with Crippen molar-refractivity contribution in [2.45, 2.75) is 58.0 Å². The zero-order valence-electron chi connectivity index (χ0n) is 10.1. The van der Waals surface area contributed by atoms with Crippen LogP contribution in [0.25, 0.3) is 0 Å². The van der Waals surface area contributed by atoms with Gasteiger partial charge in [0.25, 0.3) is 0 Å². The van der Waals surface area contributed by atoms with E-state index in [9.17, 15) is 0 Å². The maximum Gasteiger partial charge on any atom is 0.167 e. The molecule has 1 aliphatic carbocycles. The molecule has 1 heterocycles. The second-order valence-electron chi connectivity index (χ2n) is 4.87. The van der Waals surface area contributed by atoms with Crippen LogP contribution in [0.3, 0.4) is 0 Å². The fourth-order valence-corrected chi connectivity index (χ4v) is 2.62. The summed E-state index contributed by atoms with van der Waals surface area (Å²) >= 11 is 0. The largest absolute Gasteiger partial charge is 0.322 e. The highest BCUT2D eigenvalue weighted by molar-refractivity contribution is 4.91. The molecule has 90 valence electrons. The van der Waals surface area contributed by atoms with E-state index in [1.807, 2.05) is 11.6 Å². The number of rotatable bonds is 3. The van der Waals surface area contributed by atoms with Crippen LogP contribution >= 0.6 is 0 Å². The monoisotopic (exact) mass is 223 g/mol. The van der Waals surface area contributed by atoms with Crippen molar-refractivity contribution in [3.8, 4) is 0 Å². The smallest absolute Gasteiger partial charge is 0.167 e. The molecule has 3 atom stereocenters. The van der Waals surface area contributed by atoms with Crippen LogP contribution in [0.5, 0.6) is 0 Å². The molecule has 0 amide bonds. The molecule has 0 spiro atoms. The van der Waals surface area contributed by atoms with Crippen LogP contribution in [-0.2, 0) is 0 Å². The number of aromatic nitrogens is 4. The summed E-state index contributed by atoms with van der Waals surface area (Å²) in [5.74, 6) is 1.64. The highest BCUT2D eigenvalue weighted by Gasteiger charge is 2.25. The molecule has 0 radical (unpaired) electrons. The Morgan fingerprint density at radius 1 is 1.50 bits per heavy atom. The van der Waals surface area contributed by atoms with Crippen LogP contribution in [0.15, 0.2) is 0 Å². The summed E-state index contributed by atoms with van der Waals surface area (Å²) in [6, 6.07) is 0.367. The minimum Gasteiger partial charge on any atom is -0.322 e. The molecule has 2 N–H and O–H groups in total.